The van der Waals surface area contributed by atoms with Crippen LogP contribution in [-0.2, 0) is 12.8 Å². The first-order chi connectivity index (χ1) is 8.24. The van der Waals surface area contributed by atoms with Crippen molar-refractivity contribution in [1.29, 1.82) is 0 Å². The number of halogens is 1. The topological polar surface area (TPSA) is 20.2 Å². The minimum atomic E-state index is -0.289. The molecule has 0 aliphatic heterocycles. The van der Waals surface area contributed by atoms with E-state index in [0.29, 0.717) is 0 Å². The number of hydrogen-bond donors (Lipinski definition) is 1. The maximum atomic E-state index is 9.82. The SMILES string of the molecule is OC1CCc2cc(CC3CCCC3)c(Cl)cc21. The molecule has 92 valence electrons. The van der Waals surface area contributed by atoms with Crippen molar-refractivity contribution in [2.45, 2.75) is 51.0 Å². The zero-order valence-corrected chi connectivity index (χ0v) is 10.8. The van der Waals surface area contributed by atoms with E-state index in [1.165, 1.54) is 36.8 Å². The van der Waals surface area contributed by atoms with Crippen molar-refractivity contribution < 1.29 is 5.11 Å². The van der Waals surface area contributed by atoms with Gasteiger partial charge in [-0.1, -0.05) is 43.4 Å². The van der Waals surface area contributed by atoms with Crippen molar-refractivity contribution >= 4 is 11.6 Å². The summed E-state index contributed by atoms with van der Waals surface area (Å²) in [7, 11) is 0. The number of aryl methyl sites for hydroxylation is 1. The lowest BCUT2D eigenvalue weighted by Crippen LogP contribution is -2.01. The van der Waals surface area contributed by atoms with E-state index < -0.39 is 0 Å². The molecule has 0 saturated heterocycles. The van der Waals surface area contributed by atoms with Crippen LogP contribution in [0.4, 0.5) is 0 Å². The van der Waals surface area contributed by atoms with Gasteiger partial charge >= 0.3 is 0 Å². The van der Waals surface area contributed by atoms with Crippen molar-refractivity contribution in [2.24, 2.45) is 5.92 Å². The Bertz CT molecular complexity index is 421. The second-order valence-electron chi connectivity index (χ2n) is 5.55. The molecule has 1 aromatic rings. The van der Waals surface area contributed by atoms with Crippen LogP contribution in [0, 0.1) is 5.92 Å². The van der Waals surface area contributed by atoms with Gasteiger partial charge in [-0.05, 0) is 47.9 Å². The molecule has 0 spiro atoms. The molecular weight excluding hydrogens is 232 g/mol. The Morgan fingerprint density at radius 2 is 1.94 bits per heavy atom. The van der Waals surface area contributed by atoms with Gasteiger partial charge in [0, 0.05) is 5.02 Å². The fraction of sp³-hybridized carbons (Fsp3) is 0.600. The molecule has 1 aromatic carbocycles. The first-order valence-corrected chi connectivity index (χ1v) is 7.11. The monoisotopic (exact) mass is 250 g/mol. The van der Waals surface area contributed by atoms with E-state index in [9.17, 15) is 5.11 Å². The summed E-state index contributed by atoms with van der Waals surface area (Å²) >= 11 is 6.34. The van der Waals surface area contributed by atoms with Gasteiger partial charge in [0.15, 0.2) is 0 Å². The minimum absolute atomic E-state index is 0.289. The number of aliphatic hydroxyl groups excluding tert-OH is 1. The lowest BCUT2D eigenvalue weighted by molar-refractivity contribution is 0.180. The van der Waals surface area contributed by atoms with Gasteiger partial charge in [0.1, 0.15) is 0 Å². The summed E-state index contributed by atoms with van der Waals surface area (Å²) in [5, 5.41) is 10.7. The second-order valence-corrected chi connectivity index (χ2v) is 5.96. The molecule has 1 N–H and O–H groups in total. The predicted molar refractivity (Wildman–Crippen MR) is 70.4 cm³/mol. The molecule has 1 fully saturated rings. The van der Waals surface area contributed by atoms with E-state index >= 15 is 0 Å². The van der Waals surface area contributed by atoms with Crippen molar-refractivity contribution in [1.82, 2.24) is 0 Å². The Kier molecular flexibility index (Phi) is 3.14. The Morgan fingerprint density at radius 1 is 1.18 bits per heavy atom. The number of fused-ring (bicyclic) bond motifs is 1. The smallest absolute Gasteiger partial charge is 0.0796 e. The Labute approximate surface area is 108 Å². The zero-order valence-electron chi connectivity index (χ0n) is 10.1. The third kappa shape index (κ3) is 2.23. The molecule has 0 aromatic heterocycles. The van der Waals surface area contributed by atoms with E-state index in [0.717, 1.165) is 35.8 Å². The van der Waals surface area contributed by atoms with Crippen LogP contribution in [0.1, 0.15) is 54.9 Å². The van der Waals surface area contributed by atoms with Crippen LogP contribution in [0.2, 0.25) is 5.02 Å². The van der Waals surface area contributed by atoms with Gasteiger partial charge in [-0.2, -0.15) is 0 Å². The second kappa shape index (κ2) is 4.62. The van der Waals surface area contributed by atoms with Crippen LogP contribution in [0.25, 0.3) is 0 Å². The van der Waals surface area contributed by atoms with Crippen LogP contribution >= 0.6 is 11.6 Å². The standard InChI is InChI=1S/C15H19ClO/c16-14-9-13-11(5-6-15(13)17)8-12(14)7-10-3-1-2-4-10/h8-10,15,17H,1-7H2. The van der Waals surface area contributed by atoms with Gasteiger partial charge in [-0.25, -0.2) is 0 Å². The molecule has 1 unspecified atom stereocenters. The maximum absolute atomic E-state index is 9.82. The fourth-order valence-electron chi connectivity index (χ4n) is 3.34. The number of rotatable bonds is 2. The summed E-state index contributed by atoms with van der Waals surface area (Å²) in [6.07, 6.45) is 8.18. The highest BCUT2D eigenvalue weighted by Gasteiger charge is 2.23. The molecule has 0 heterocycles. The van der Waals surface area contributed by atoms with E-state index in [2.05, 4.69) is 6.07 Å². The van der Waals surface area contributed by atoms with Crippen molar-refractivity contribution in [3.05, 3.63) is 33.8 Å². The van der Waals surface area contributed by atoms with Gasteiger partial charge in [0.25, 0.3) is 0 Å². The van der Waals surface area contributed by atoms with Crippen molar-refractivity contribution in [2.75, 3.05) is 0 Å². The molecule has 2 heteroatoms. The minimum Gasteiger partial charge on any atom is -0.388 e. The predicted octanol–water partition coefficient (Wildman–Crippen LogP) is 4.05. The molecule has 2 aliphatic carbocycles. The first kappa shape index (κ1) is 11.6. The fourth-order valence-corrected chi connectivity index (χ4v) is 3.59. The van der Waals surface area contributed by atoms with E-state index in [-0.39, 0.29) is 6.10 Å². The third-order valence-electron chi connectivity index (χ3n) is 4.34. The summed E-state index contributed by atoms with van der Waals surface area (Å²) in [5.41, 5.74) is 3.67. The van der Waals surface area contributed by atoms with Crippen LogP contribution in [0.5, 0.6) is 0 Å². The molecule has 0 radical (unpaired) electrons. The van der Waals surface area contributed by atoms with Gasteiger partial charge in [-0.15, -0.1) is 0 Å². The highest BCUT2D eigenvalue weighted by atomic mass is 35.5. The third-order valence-corrected chi connectivity index (χ3v) is 4.69. The van der Waals surface area contributed by atoms with E-state index in [1.54, 1.807) is 0 Å². The van der Waals surface area contributed by atoms with Crippen LogP contribution < -0.4 is 0 Å². The lowest BCUT2D eigenvalue weighted by atomic mass is 9.95. The van der Waals surface area contributed by atoms with Gasteiger partial charge < -0.3 is 5.11 Å². The highest BCUT2D eigenvalue weighted by molar-refractivity contribution is 6.31. The summed E-state index contributed by atoms with van der Waals surface area (Å²) in [6, 6.07) is 4.24. The molecular formula is C15H19ClO. The van der Waals surface area contributed by atoms with Gasteiger partial charge in [-0.3, -0.25) is 0 Å². The molecule has 1 nitrogen and oxygen atoms in total. The molecule has 1 atom stereocenters. The van der Waals surface area contributed by atoms with Crippen LogP contribution in [0.3, 0.4) is 0 Å². The molecule has 17 heavy (non-hydrogen) atoms. The molecule has 0 amide bonds. The Morgan fingerprint density at radius 3 is 2.71 bits per heavy atom. The first-order valence-electron chi connectivity index (χ1n) is 6.73. The summed E-state index contributed by atoms with van der Waals surface area (Å²) < 4.78 is 0. The normalized spacial score (nSPS) is 24.2. The molecule has 3 rings (SSSR count). The Hall–Kier alpha value is -0.530. The average molecular weight is 251 g/mol. The van der Waals surface area contributed by atoms with Crippen LogP contribution in [0.15, 0.2) is 12.1 Å². The number of benzene rings is 1. The highest BCUT2D eigenvalue weighted by Crippen LogP contribution is 2.37. The lowest BCUT2D eigenvalue weighted by Gasteiger charge is -2.13. The quantitative estimate of drug-likeness (QED) is 0.840. The summed E-state index contributed by atoms with van der Waals surface area (Å²) in [6.45, 7) is 0. The van der Waals surface area contributed by atoms with Crippen LogP contribution in [-0.4, -0.2) is 5.11 Å². The summed E-state index contributed by atoms with van der Waals surface area (Å²) in [4.78, 5) is 0. The van der Waals surface area contributed by atoms with Gasteiger partial charge in [0.2, 0.25) is 0 Å². The van der Waals surface area contributed by atoms with Crippen molar-refractivity contribution in [3.63, 3.8) is 0 Å². The van der Waals surface area contributed by atoms with E-state index in [1.807, 2.05) is 6.07 Å². The Balaban J connectivity index is 1.85. The molecule has 1 saturated carbocycles. The molecule has 0 bridgehead atoms. The van der Waals surface area contributed by atoms with Gasteiger partial charge in [0.05, 0.1) is 6.10 Å². The van der Waals surface area contributed by atoms with E-state index in [4.69, 9.17) is 11.6 Å². The molecule has 2 aliphatic rings. The maximum Gasteiger partial charge on any atom is 0.0796 e. The summed E-state index contributed by atoms with van der Waals surface area (Å²) in [5.74, 6) is 0.830. The number of aliphatic hydroxyl groups is 1. The largest absolute Gasteiger partial charge is 0.388 e. The van der Waals surface area contributed by atoms with Crippen molar-refractivity contribution in [3.8, 4) is 0 Å². The average Bonchev–Trinajstić information content (AvgIpc) is 2.92. The number of hydrogen-bond acceptors (Lipinski definition) is 1. The zero-order chi connectivity index (χ0) is 11.8.